The molecule has 1 saturated carbocycles. The lowest BCUT2D eigenvalue weighted by Crippen LogP contribution is -2.23. The summed E-state index contributed by atoms with van der Waals surface area (Å²) < 4.78 is 12.8. The number of alkyl halides is 1. The van der Waals surface area contributed by atoms with Gasteiger partial charge in [0.25, 0.3) is 5.56 Å². The van der Waals surface area contributed by atoms with Gasteiger partial charge in [-0.3, -0.25) is 4.79 Å². The molecule has 0 aliphatic heterocycles. The summed E-state index contributed by atoms with van der Waals surface area (Å²) in [5, 5.41) is 2.94. The Morgan fingerprint density at radius 3 is 3.07 bits per heavy atom. The third-order valence-corrected chi connectivity index (χ3v) is 2.42. The van der Waals surface area contributed by atoms with Crippen molar-refractivity contribution in [1.82, 2.24) is 9.97 Å². The number of nitrogens with zero attached hydrogens (tertiary/aromatic N) is 1. The summed E-state index contributed by atoms with van der Waals surface area (Å²) in [6.07, 6.45) is 4.04. The number of hydrogen-bond acceptors (Lipinski definition) is 3. The summed E-state index contributed by atoms with van der Waals surface area (Å²) in [5.74, 6) is 0.284. The Labute approximate surface area is 80.6 Å². The van der Waals surface area contributed by atoms with Crippen LogP contribution >= 0.6 is 0 Å². The van der Waals surface area contributed by atoms with E-state index < -0.39 is 6.17 Å². The SMILES string of the molecule is O=c1[nH]ccnc1NC1CCC(F)C1. The maximum atomic E-state index is 12.8. The first-order valence-electron chi connectivity index (χ1n) is 4.70. The summed E-state index contributed by atoms with van der Waals surface area (Å²) >= 11 is 0. The minimum Gasteiger partial charge on any atom is -0.363 e. The summed E-state index contributed by atoms with van der Waals surface area (Å²) in [7, 11) is 0. The molecule has 1 aromatic heterocycles. The number of rotatable bonds is 2. The number of H-pyrrole nitrogens is 1. The lowest BCUT2D eigenvalue weighted by molar-refractivity contribution is 0.341. The molecule has 14 heavy (non-hydrogen) atoms. The Kier molecular flexibility index (Phi) is 2.47. The lowest BCUT2D eigenvalue weighted by atomic mass is 10.2. The molecule has 1 heterocycles. The standard InChI is InChI=1S/C9H12FN3O/c10-6-1-2-7(5-6)13-8-9(14)12-4-3-11-8/h3-4,6-7H,1-2,5H2,(H,11,13)(H,12,14). The van der Waals surface area contributed by atoms with Crippen LogP contribution in [0.15, 0.2) is 17.2 Å². The van der Waals surface area contributed by atoms with Crippen molar-refractivity contribution in [2.75, 3.05) is 5.32 Å². The third-order valence-electron chi connectivity index (χ3n) is 2.42. The first-order chi connectivity index (χ1) is 6.75. The monoisotopic (exact) mass is 197 g/mol. The lowest BCUT2D eigenvalue weighted by Gasteiger charge is -2.10. The first-order valence-corrected chi connectivity index (χ1v) is 4.70. The van der Waals surface area contributed by atoms with Gasteiger partial charge in [0, 0.05) is 18.4 Å². The van der Waals surface area contributed by atoms with E-state index in [0.717, 1.165) is 6.42 Å². The Morgan fingerprint density at radius 1 is 1.57 bits per heavy atom. The van der Waals surface area contributed by atoms with E-state index in [0.29, 0.717) is 12.8 Å². The van der Waals surface area contributed by atoms with Crippen LogP contribution in [0.3, 0.4) is 0 Å². The van der Waals surface area contributed by atoms with Gasteiger partial charge in [0.15, 0.2) is 5.82 Å². The third kappa shape index (κ3) is 1.92. The van der Waals surface area contributed by atoms with E-state index in [4.69, 9.17) is 0 Å². The molecule has 0 bridgehead atoms. The molecule has 0 spiro atoms. The van der Waals surface area contributed by atoms with Gasteiger partial charge in [0.1, 0.15) is 6.17 Å². The normalized spacial score (nSPS) is 26.4. The zero-order valence-corrected chi connectivity index (χ0v) is 7.66. The van der Waals surface area contributed by atoms with Gasteiger partial charge in [0.05, 0.1) is 0 Å². The van der Waals surface area contributed by atoms with Gasteiger partial charge in [-0.25, -0.2) is 9.37 Å². The average molecular weight is 197 g/mol. The summed E-state index contributed by atoms with van der Waals surface area (Å²) in [6, 6.07) is 0.0426. The van der Waals surface area contributed by atoms with Crippen molar-refractivity contribution in [2.24, 2.45) is 0 Å². The maximum Gasteiger partial charge on any atom is 0.290 e. The summed E-state index contributed by atoms with van der Waals surface area (Å²) in [6.45, 7) is 0. The fourth-order valence-corrected chi connectivity index (χ4v) is 1.71. The van der Waals surface area contributed by atoms with Crippen LogP contribution in [-0.2, 0) is 0 Å². The van der Waals surface area contributed by atoms with Crippen LogP contribution in [0.1, 0.15) is 19.3 Å². The molecular weight excluding hydrogens is 185 g/mol. The zero-order chi connectivity index (χ0) is 9.97. The fourth-order valence-electron chi connectivity index (χ4n) is 1.71. The minimum atomic E-state index is -0.740. The zero-order valence-electron chi connectivity index (χ0n) is 7.66. The summed E-state index contributed by atoms with van der Waals surface area (Å²) in [5.41, 5.74) is -0.255. The average Bonchev–Trinajstić information content (AvgIpc) is 2.56. The molecule has 4 nitrogen and oxygen atoms in total. The molecule has 5 heteroatoms. The van der Waals surface area contributed by atoms with Crippen molar-refractivity contribution in [3.8, 4) is 0 Å². The van der Waals surface area contributed by atoms with Crippen molar-refractivity contribution < 1.29 is 4.39 Å². The fraction of sp³-hybridized carbons (Fsp3) is 0.556. The number of hydrogen-bond donors (Lipinski definition) is 2. The van der Waals surface area contributed by atoms with E-state index in [-0.39, 0.29) is 17.4 Å². The Balaban J connectivity index is 2.04. The molecule has 0 amide bonds. The number of aromatic amines is 1. The van der Waals surface area contributed by atoms with Crippen molar-refractivity contribution in [3.63, 3.8) is 0 Å². The van der Waals surface area contributed by atoms with Crippen LogP contribution in [0.4, 0.5) is 10.2 Å². The van der Waals surface area contributed by atoms with E-state index in [1.165, 1.54) is 12.4 Å². The van der Waals surface area contributed by atoms with Gasteiger partial charge in [-0.15, -0.1) is 0 Å². The highest BCUT2D eigenvalue weighted by Crippen LogP contribution is 2.23. The molecular formula is C9H12FN3O. The van der Waals surface area contributed by atoms with Gasteiger partial charge in [-0.1, -0.05) is 0 Å². The quantitative estimate of drug-likeness (QED) is 0.745. The van der Waals surface area contributed by atoms with E-state index in [2.05, 4.69) is 15.3 Å². The molecule has 2 N–H and O–H groups in total. The highest BCUT2D eigenvalue weighted by molar-refractivity contribution is 5.31. The minimum absolute atomic E-state index is 0.0426. The second-order valence-electron chi connectivity index (χ2n) is 3.52. The van der Waals surface area contributed by atoms with Crippen LogP contribution in [0.5, 0.6) is 0 Å². The van der Waals surface area contributed by atoms with Crippen LogP contribution < -0.4 is 10.9 Å². The molecule has 0 radical (unpaired) electrons. The largest absolute Gasteiger partial charge is 0.363 e. The van der Waals surface area contributed by atoms with E-state index in [1.807, 2.05) is 0 Å². The predicted molar refractivity (Wildman–Crippen MR) is 51.0 cm³/mol. The first kappa shape index (κ1) is 9.18. The molecule has 1 aromatic rings. The molecule has 0 aromatic carbocycles. The smallest absolute Gasteiger partial charge is 0.290 e. The van der Waals surface area contributed by atoms with Crippen LogP contribution in [0, 0.1) is 0 Å². The van der Waals surface area contributed by atoms with Gasteiger partial charge >= 0.3 is 0 Å². The molecule has 76 valence electrons. The molecule has 1 aliphatic rings. The second-order valence-corrected chi connectivity index (χ2v) is 3.52. The Morgan fingerprint density at radius 2 is 2.43 bits per heavy atom. The Bertz CT molecular complexity index is 365. The van der Waals surface area contributed by atoms with Gasteiger partial charge in [0.2, 0.25) is 0 Å². The molecule has 0 saturated heterocycles. The highest BCUT2D eigenvalue weighted by Gasteiger charge is 2.24. The van der Waals surface area contributed by atoms with E-state index in [9.17, 15) is 9.18 Å². The molecule has 1 aliphatic carbocycles. The van der Waals surface area contributed by atoms with Gasteiger partial charge in [-0.05, 0) is 19.3 Å². The number of aromatic nitrogens is 2. The molecule has 2 rings (SSSR count). The highest BCUT2D eigenvalue weighted by atomic mass is 19.1. The van der Waals surface area contributed by atoms with Crippen molar-refractivity contribution in [2.45, 2.75) is 31.5 Å². The van der Waals surface area contributed by atoms with Crippen LogP contribution in [0.25, 0.3) is 0 Å². The molecule has 2 atom stereocenters. The van der Waals surface area contributed by atoms with Gasteiger partial charge in [-0.2, -0.15) is 0 Å². The molecule has 2 unspecified atom stereocenters. The van der Waals surface area contributed by atoms with E-state index >= 15 is 0 Å². The Hall–Kier alpha value is -1.39. The van der Waals surface area contributed by atoms with Crippen molar-refractivity contribution in [3.05, 3.63) is 22.7 Å². The van der Waals surface area contributed by atoms with E-state index in [1.54, 1.807) is 0 Å². The second kappa shape index (κ2) is 3.77. The number of nitrogens with one attached hydrogen (secondary N) is 2. The number of halogens is 1. The van der Waals surface area contributed by atoms with Crippen molar-refractivity contribution >= 4 is 5.82 Å². The maximum absolute atomic E-state index is 12.8. The van der Waals surface area contributed by atoms with Gasteiger partial charge < -0.3 is 10.3 Å². The molecule has 1 fully saturated rings. The van der Waals surface area contributed by atoms with Crippen LogP contribution in [-0.4, -0.2) is 22.2 Å². The number of anilines is 1. The topological polar surface area (TPSA) is 57.8 Å². The summed E-state index contributed by atoms with van der Waals surface area (Å²) in [4.78, 5) is 17.6. The predicted octanol–water partition coefficient (Wildman–Crippen LogP) is 1.07. The van der Waals surface area contributed by atoms with Crippen LogP contribution in [0.2, 0.25) is 0 Å². The van der Waals surface area contributed by atoms with Crippen molar-refractivity contribution in [1.29, 1.82) is 0 Å².